The van der Waals surface area contributed by atoms with E-state index in [9.17, 15) is 4.39 Å². The summed E-state index contributed by atoms with van der Waals surface area (Å²) in [6.45, 7) is 2.02. The zero-order valence-electron chi connectivity index (χ0n) is 14.8. The predicted octanol–water partition coefficient (Wildman–Crippen LogP) is 7.29. The third kappa shape index (κ3) is 3.33. The van der Waals surface area contributed by atoms with Gasteiger partial charge in [-0.1, -0.05) is 70.7 Å². The minimum absolute atomic E-state index is 0.156. The molecule has 2 aromatic heterocycles. The van der Waals surface area contributed by atoms with Crippen molar-refractivity contribution in [3.63, 3.8) is 0 Å². The molecule has 4 rings (SSSR count). The van der Waals surface area contributed by atoms with Crippen molar-refractivity contribution in [2.75, 3.05) is 0 Å². The number of thiophene rings is 1. The van der Waals surface area contributed by atoms with Crippen molar-refractivity contribution in [2.24, 2.45) is 7.05 Å². The molecule has 3 nitrogen and oxygen atoms in total. The second kappa shape index (κ2) is 7.48. The summed E-state index contributed by atoms with van der Waals surface area (Å²) in [6.07, 6.45) is 0. The zero-order valence-corrected chi connectivity index (χ0v) is 17.9. The van der Waals surface area contributed by atoms with Gasteiger partial charge in [-0.05, 0) is 24.6 Å². The standard InChI is InChI=1S/C20H13Cl3FN3S/c1-10-6-8-11(9-7-10)17-15(22)16(23)18(28-17)20-25-19(26-27(20)2)14-12(21)4-3-5-13(14)24/h3-9H,1-2H3. The Morgan fingerprint density at radius 3 is 2.32 bits per heavy atom. The monoisotopic (exact) mass is 451 g/mol. The van der Waals surface area contributed by atoms with Gasteiger partial charge >= 0.3 is 0 Å². The van der Waals surface area contributed by atoms with Gasteiger partial charge in [-0.3, -0.25) is 0 Å². The maximum Gasteiger partial charge on any atom is 0.186 e. The number of rotatable bonds is 3. The van der Waals surface area contributed by atoms with E-state index in [1.807, 2.05) is 31.2 Å². The number of aromatic nitrogens is 3. The van der Waals surface area contributed by atoms with E-state index in [1.165, 1.54) is 23.5 Å². The first-order valence-electron chi connectivity index (χ1n) is 8.27. The molecule has 0 atom stereocenters. The highest BCUT2D eigenvalue weighted by molar-refractivity contribution is 7.20. The minimum Gasteiger partial charge on any atom is -0.248 e. The summed E-state index contributed by atoms with van der Waals surface area (Å²) >= 11 is 20.6. The molecule has 0 aliphatic heterocycles. The van der Waals surface area contributed by atoms with Gasteiger partial charge in [0.2, 0.25) is 0 Å². The lowest BCUT2D eigenvalue weighted by Crippen LogP contribution is -1.93. The average molecular weight is 453 g/mol. The lowest BCUT2D eigenvalue weighted by Gasteiger charge is -2.00. The van der Waals surface area contributed by atoms with E-state index in [1.54, 1.807) is 17.8 Å². The summed E-state index contributed by atoms with van der Waals surface area (Å²) in [5, 5.41) is 5.42. The third-order valence-corrected chi connectivity index (χ3v) is 6.89. The fourth-order valence-corrected chi connectivity index (χ4v) is 4.91. The molecule has 4 aromatic rings. The highest BCUT2D eigenvalue weighted by Gasteiger charge is 2.23. The lowest BCUT2D eigenvalue weighted by atomic mass is 10.1. The minimum atomic E-state index is -0.486. The van der Waals surface area contributed by atoms with Crippen LogP contribution in [0.1, 0.15) is 5.56 Å². The molecule has 0 saturated carbocycles. The molecule has 28 heavy (non-hydrogen) atoms. The fraction of sp³-hybridized carbons (Fsp3) is 0.100. The summed E-state index contributed by atoms with van der Waals surface area (Å²) in [5.74, 6) is 0.197. The maximum atomic E-state index is 14.3. The Labute approximate surface area is 180 Å². The number of hydrogen-bond donors (Lipinski definition) is 0. The molecular weight excluding hydrogens is 440 g/mol. The van der Waals surface area contributed by atoms with Crippen LogP contribution in [0.25, 0.3) is 32.5 Å². The quantitative estimate of drug-likeness (QED) is 0.327. The molecule has 2 heterocycles. The second-order valence-corrected chi connectivity index (χ2v) is 8.42. The van der Waals surface area contributed by atoms with Crippen LogP contribution in [0.3, 0.4) is 0 Å². The molecule has 8 heteroatoms. The smallest absolute Gasteiger partial charge is 0.186 e. The van der Waals surface area contributed by atoms with Crippen LogP contribution in [0.4, 0.5) is 4.39 Å². The van der Waals surface area contributed by atoms with Crippen LogP contribution >= 0.6 is 46.1 Å². The van der Waals surface area contributed by atoms with Gasteiger partial charge in [0.05, 0.1) is 30.4 Å². The van der Waals surface area contributed by atoms with Gasteiger partial charge in [0, 0.05) is 7.05 Å². The lowest BCUT2D eigenvalue weighted by molar-refractivity contribution is 0.629. The SMILES string of the molecule is Cc1ccc(-c2sc(-c3nc(-c4c(F)cccc4Cl)nn3C)c(Cl)c2Cl)cc1. The van der Waals surface area contributed by atoms with Crippen LogP contribution in [-0.4, -0.2) is 14.8 Å². The summed E-state index contributed by atoms with van der Waals surface area (Å²) < 4.78 is 15.8. The Bertz CT molecular complexity index is 1160. The van der Waals surface area contributed by atoms with Crippen LogP contribution in [0, 0.1) is 12.7 Å². The van der Waals surface area contributed by atoms with E-state index in [-0.39, 0.29) is 16.4 Å². The largest absolute Gasteiger partial charge is 0.248 e. The summed E-state index contributed by atoms with van der Waals surface area (Å²) in [7, 11) is 1.72. The van der Waals surface area contributed by atoms with E-state index in [2.05, 4.69) is 10.1 Å². The average Bonchev–Trinajstić information content (AvgIpc) is 3.16. The normalized spacial score (nSPS) is 11.2. The predicted molar refractivity (Wildman–Crippen MR) is 115 cm³/mol. The van der Waals surface area contributed by atoms with Crippen molar-refractivity contribution >= 4 is 46.1 Å². The Morgan fingerprint density at radius 2 is 1.64 bits per heavy atom. The Morgan fingerprint density at radius 1 is 0.964 bits per heavy atom. The van der Waals surface area contributed by atoms with Gasteiger partial charge in [-0.15, -0.1) is 11.3 Å². The zero-order chi connectivity index (χ0) is 20.0. The molecule has 0 saturated heterocycles. The van der Waals surface area contributed by atoms with Crippen LogP contribution in [0.5, 0.6) is 0 Å². The van der Waals surface area contributed by atoms with Gasteiger partial charge in [0.1, 0.15) is 5.82 Å². The van der Waals surface area contributed by atoms with Crippen molar-refractivity contribution in [2.45, 2.75) is 6.92 Å². The highest BCUT2D eigenvalue weighted by Crippen LogP contribution is 2.47. The molecule has 0 aliphatic rings. The van der Waals surface area contributed by atoms with Gasteiger partial charge in [-0.25, -0.2) is 14.1 Å². The van der Waals surface area contributed by atoms with E-state index < -0.39 is 5.82 Å². The second-order valence-electron chi connectivity index (χ2n) is 6.23. The van der Waals surface area contributed by atoms with Crippen LogP contribution < -0.4 is 0 Å². The Hall–Kier alpha value is -1.92. The molecule has 0 unspecified atom stereocenters. The van der Waals surface area contributed by atoms with E-state index >= 15 is 0 Å². The first-order chi connectivity index (χ1) is 13.4. The van der Waals surface area contributed by atoms with Gasteiger partial charge < -0.3 is 0 Å². The molecular formula is C20H13Cl3FN3S. The van der Waals surface area contributed by atoms with E-state index in [4.69, 9.17) is 34.8 Å². The highest BCUT2D eigenvalue weighted by atomic mass is 35.5. The summed E-state index contributed by atoms with van der Waals surface area (Å²) in [6, 6.07) is 12.5. The summed E-state index contributed by atoms with van der Waals surface area (Å²) in [4.78, 5) is 6.00. The molecule has 0 N–H and O–H groups in total. The maximum absolute atomic E-state index is 14.3. The van der Waals surface area contributed by atoms with Crippen LogP contribution in [-0.2, 0) is 7.05 Å². The Kier molecular flexibility index (Phi) is 5.19. The van der Waals surface area contributed by atoms with Gasteiger partial charge in [-0.2, -0.15) is 5.10 Å². The molecule has 142 valence electrons. The van der Waals surface area contributed by atoms with Crippen molar-refractivity contribution in [3.8, 4) is 32.5 Å². The van der Waals surface area contributed by atoms with Crippen LogP contribution in [0.15, 0.2) is 42.5 Å². The first kappa shape index (κ1) is 19.4. The number of benzene rings is 2. The molecule has 2 aromatic carbocycles. The van der Waals surface area contributed by atoms with Crippen LogP contribution in [0.2, 0.25) is 15.1 Å². The summed E-state index contributed by atoms with van der Waals surface area (Å²) in [5.41, 5.74) is 2.28. The molecule has 0 fully saturated rings. The van der Waals surface area contributed by atoms with Crippen molar-refractivity contribution in [1.29, 1.82) is 0 Å². The van der Waals surface area contributed by atoms with Crippen molar-refractivity contribution < 1.29 is 4.39 Å². The molecule has 0 aliphatic carbocycles. The topological polar surface area (TPSA) is 30.7 Å². The van der Waals surface area contributed by atoms with Crippen molar-refractivity contribution in [1.82, 2.24) is 14.8 Å². The van der Waals surface area contributed by atoms with Gasteiger partial charge in [0.15, 0.2) is 11.6 Å². The number of halogens is 4. The molecule has 0 spiro atoms. The number of aryl methyl sites for hydroxylation is 2. The third-order valence-electron chi connectivity index (χ3n) is 4.26. The van der Waals surface area contributed by atoms with E-state index in [0.29, 0.717) is 20.7 Å². The molecule has 0 amide bonds. The number of hydrogen-bond acceptors (Lipinski definition) is 3. The van der Waals surface area contributed by atoms with Crippen molar-refractivity contribution in [3.05, 3.63) is 68.9 Å². The van der Waals surface area contributed by atoms with E-state index in [0.717, 1.165) is 16.0 Å². The molecule has 0 bridgehead atoms. The number of nitrogens with zero attached hydrogens (tertiary/aromatic N) is 3. The first-order valence-corrected chi connectivity index (χ1v) is 10.2. The fourth-order valence-electron chi connectivity index (χ4n) is 2.82. The molecule has 0 radical (unpaired) electrons. The van der Waals surface area contributed by atoms with Gasteiger partial charge in [0.25, 0.3) is 0 Å². The Balaban J connectivity index is 1.84.